The zero-order valence-electron chi connectivity index (χ0n) is 17.6. The molecule has 0 aromatic heterocycles. The summed E-state index contributed by atoms with van der Waals surface area (Å²) in [5, 5.41) is 3.10. The fraction of sp³-hybridized carbons (Fsp3) is 0.636. The fourth-order valence-corrected chi connectivity index (χ4v) is 4.51. The van der Waals surface area contributed by atoms with Gasteiger partial charge in [-0.1, -0.05) is 32.0 Å². The van der Waals surface area contributed by atoms with Crippen LogP contribution in [-0.2, 0) is 19.7 Å². The summed E-state index contributed by atoms with van der Waals surface area (Å²) in [5.74, 6) is -0.0968. The molecule has 2 aliphatic heterocycles. The Morgan fingerprint density at radius 2 is 1.89 bits per heavy atom. The van der Waals surface area contributed by atoms with Gasteiger partial charge in [0.2, 0.25) is 11.8 Å². The van der Waals surface area contributed by atoms with Crippen molar-refractivity contribution < 1.29 is 14.3 Å². The Hall–Kier alpha value is -1.92. The quantitative estimate of drug-likeness (QED) is 0.813. The van der Waals surface area contributed by atoms with Crippen molar-refractivity contribution in [2.75, 3.05) is 51.8 Å². The van der Waals surface area contributed by atoms with E-state index in [1.54, 1.807) is 4.90 Å². The molecular formula is C22H33N3O3. The summed E-state index contributed by atoms with van der Waals surface area (Å²) in [7, 11) is 4.12. The SMILES string of the molecule is CN(C)CC1(CNC(=O)CN2C(=O)CC(C)(C)c3ccccc32)CCOCC1. The van der Waals surface area contributed by atoms with Crippen molar-refractivity contribution in [3.8, 4) is 0 Å². The number of fused-ring (bicyclic) bond motifs is 1. The number of rotatable bonds is 6. The maximum Gasteiger partial charge on any atom is 0.240 e. The molecule has 1 aromatic carbocycles. The maximum atomic E-state index is 12.7. The normalized spacial score (nSPS) is 20.8. The predicted octanol–water partition coefficient (Wildman–Crippen LogP) is 2.18. The second kappa shape index (κ2) is 8.21. The Kier molecular flexibility index (Phi) is 6.10. The van der Waals surface area contributed by atoms with Gasteiger partial charge in [0.1, 0.15) is 6.54 Å². The van der Waals surface area contributed by atoms with Crippen LogP contribution in [0.2, 0.25) is 0 Å². The van der Waals surface area contributed by atoms with Crippen LogP contribution in [0.15, 0.2) is 24.3 Å². The molecule has 1 N–H and O–H groups in total. The van der Waals surface area contributed by atoms with Gasteiger partial charge in [0.05, 0.1) is 0 Å². The van der Waals surface area contributed by atoms with E-state index >= 15 is 0 Å². The monoisotopic (exact) mass is 387 g/mol. The van der Waals surface area contributed by atoms with Crippen LogP contribution in [0.5, 0.6) is 0 Å². The number of hydrogen-bond donors (Lipinski definition) is 1. The van der Waals surface area contributed by atoms with Gasteiger partial charge >= 0.3 is 0 Å². The molecule has 2 heterocycles. The second-order valence-corrected chi connectivity index (χ2v) is 9.18. The predicted molar refractivity (Wildman–Crippen MR) is 110 cm³/mol. The van der Waals surface area contributed by atoms with E-state index in [0.717, 1.165) is 43.9 Å². The van der Waals surface area contributed by atoms with Gasteiger partial charge in [0.25, 0.3) is 0 Å². The summed E-state index contributed by atoms with van der Waals surface area (Å²) in [5.41, 5.74) is 1.80. The van der Waals surface area contributed by atoms with E-state index in [1.807, 2.05) is 18.2 Å². The third-order valence-electron chi connectivity index (χ3n) is 5.99. The molecule has 1 saturated heterocycles. The number of nitrogens with one attached hydrogen (secondary N) is 1. The number of hydrogen-bond acceptors (Lipinski definition) is 4. The van der Waals surface area contributed by atoms with Gasteiger partial charge in [-0.15, -0.1) is 0 Å². The molecule has 0 bridgehead atoms. The average Bonchev–Trinajstić information content (AvgIpc) is 2.63. The number of amides is 2. The van der Waals surface area contributed by atoms with E-state index in [-0.39, 0.29) is 29.2 Å². The summed E-state index contributed by atoms with van der Waals surface area (Å²) in [4.78, 5) is 29.3. The van der Waals surface area contributed by atoms with E-state index in [1.165, 1.54) is 0 Å². The molecule has 28 heavy (non-hydrogen) atoms. The lowest BCUT2D eigenvalue weighted by atomic mass is 9.77. The smallest absolute Gasteiger partial charge is 0.240 e. The molecule has 0 spiro atoms. The van der Waals surface area contributed by atoms with E-state index in [2.05, 4.69) is 44.2 Å². The van der Waals surface area contributed by atoms with Gasteiger partial charge in [0.15, 0.2) is 0 Å². The Labute approximate surface area is 168 Å². The molecule has 0 atom stereocenters. The van der Waals surface area contributed by atoms with E-state index < -0.39 is 0 Å². The molecule has 6 nitrogen and oxygen atoms in total. The molecule has 2 aliphatic rings. The molecule has 6 heteroatoms. The van der Waals surface area contributed by atoms with Gasteiger partial charge in [-0.2, -0.15) is 0 Å². The topological polar surface area (TPSA) is 61.9 Å². The van der Waals surface area contributed by atoms with Crippen LogP contribution in [0, 0.1) is 5.41 Å². The first-order valence-corrected chi connectivity index (χ1v) is 10.1. The molecular weight excluding hydrogens is 354 g/mol. The van der Waals surface area contributed by atoms with Crippen LogP contribution in [0.3, 0.4) is 0 Å². The van der Waals surface area contributed by atoms with E-state index in [9.17, 15) is 9.59 Å². The summed E-state index contributed by atoms with van der Waals surface area (Å²) in [6.45, 7) is 7.22. The summed E-state index contributed by atoms with van der Waals surface area (Å²) in [6.07, 6.45) is 2.29. The van der Waals surface area contributed by atoms with E-state index in [0.29, 0.717) is 13.0 Å². The molecule has 2 amide bonds. The van der Waals surface area contributed by atoms with Gasteiger partial charge in [-0.25, -0.2) is 0 Å². The number of anilines is 1. The fourth-order valence-electron chi connectivity index (χ4n) is 4.51. The Bertz CT molecular complexity index is 723. The summed E-state index contributed by atoms with van der Waals surface area (Å²) >= 11 is 0. The highest BCUT2D eigenvalue weighted by Crippen LogP contribution is 2.39. The van der Waals surface area contributed by atoms with Crippen LogP contribution >= 0.6 is 0 Å². The molecule has 1 aromatic rings. The molecule has 0 aliphatic carbocycles. The highest BCUT2D eigenvalue weighted by atomic mass is 16.5. The lowest BCUT2D eigenvalue weighted by molar-refractivity contribution is -0.125. The molecule has 1 fully saturated rings. The minimum absolute atomic E-state index is 0.00733. The number of carbonyl (C=O) groups is 2. The average molecular weight is 388 g/mol. The second-order valence-electron chi connectivity index (χ2n) is 9.18. The van der Waals surface area contributed by atoms with Crippen molar-refractivity contribution >= 4 is 17.5 Å². The molecule has 0 unspecified atom stereocenters. The zero-order chi connectivity index (χ0) is 20.4. The highest BCUT2D eigenvalue weighted by Gasteiger charge is 2.38. The number of carbonyl (C=O) groups excluding carboxylic acids is 2. The van der Waals surface area contributed by atoms with Crippen molar-refractivity contribution in [3.63, 3.8) is 0 Å². The Morgan fingerprint density at radius 3 is 2.57 bits per heavy atom. The van der Waals surface area contributed by atoms with Gasteiger partial charge in [-0.05, 0) is 38.6 Å². The lowest BCUT2D eigenvalue weighted by Gasteiger charge is -2.40. The first-order valence-electron chi connectivity index (χ1n) is 10.1. The standard InChI is InChI=1S/C22H33N3O3/c1-21(2)13-20(27)25(18-8-6-5-7-17(18)21)14-19(26)23-15-22(16-24(3)4)9-11-28-12-10-22/h5-8H,9-16H2,1-4H3,(H,23,26). The van der Waals surface area contributed by atoms with Crippen LogP contribution in [0.25, 0.3) is 0 Å². The molecule has 3 rings (SSSR count). The third kappa shape index (κ3) is 4.55. The largest absolute Gasteiger partial charge is 0.381 e. The first kappa shape index (κ1) is 20.8. The highest BCUT2D eigenvalue weighted by molar-refractivity contribution is 6.02. The summed E-state index contributed by atoms with van der Waals surface area (Å²) in [6, 6.07) is 7.91. The lowest BCUT2D eigenvalue weighted by Crippen LogP contribution is -2.50. The summed E-state index contributed by atoms with van der Waals surface area (Å²) < 4.78 is 5.52. The van der Waals surface area contributed by atoms with Crippen LogP contribution < -0.4 is 10.2 Å². The van der Waals surface area contributed by atoms with Crippen molar-refractivity contribution in [1.82, 2.24) is 10.2 Å². The molecule has 0 radical (unpaired) electrons. The van der Waals surface area contributed by atoms with Crippen molar-refractivity contribution in [1.29, 1.82) is 0 Å². The number of ether oxygens (including phenoxy) is 1. The van der Waals surface area contributed by atoms with Crippen LogP contribution in [-0.4, -0.2) is 63.7 Å². The Balaban J connectivity index is 1.68. The van der Waals surface area contributed by atoms with Gasteiger partial charge in [-0.3, -0.25) is 9.59 Å². The van der Waals surface area contributed by atoms with Gasteiger partial charge in [0, 0.05) is 49.2 Å². The van der Waals surface area contributed by atoms with Crippen molar-refractivity contribution in [3.05, 3.63) is 29.8 Å². The Morgan fingerprint density at radius 1 is 1.21 bits per heavy atom. The van der Waals surface area contributed by atoms with Crippen LogP contribution in [0.1, 0.15) is 38.7 Å². The molecule has 0 saturated carbocycles. The van der Waals surface area contributed by atoms with E-state index in [4.69, 9.17) is 4.74 Å². The minimum Gasteiger partial charge on any atom is -0.381 e. The van der Waals surface area contributed by atoms with Crippen molar-refractivity contribution in [2.45, 2.75) is 38.5 Å². The number of para-hydroxylation sites is 1. The zero-order valence-corrected chi connectivity index (χ0v) is 17.6. The van der Waals surface area contributed by atoms with Crippen LogP contribution in [0.4, 0.5) is 5.69 Å². The van der Waals surface area contributed by atoms with Gasteiger partial charge < -0.3 is 19.9 Å². The maximum absolute atomic E-state index is 12.7. The first-order chi connectivity index (χ1) is 13.2. The minimum atomic E-state index is -0.210. The number of nitrogens with zero attached hydrogens (tertiary/aromatic N) is 2. The molecule has 154 valence electrons. The van der Waals surface area contributed by atoms with Crippen molar-refractivity contribution in [2.24, 2.45) is 5.41 Å². The number of benzene rings is 1. The third-order valence-corrected chi connectivity index (χ3v) is 5.99.